The number of carbonyl (C=O) groups excluding carboxylic acids is 1. The molecule has 3 aliphatic rings. The van der Waals surface area contributed by atoms with Gasteiger partial charge in [0.25, 0.3) is 0 Å². The van der Waals surface area contributed by atoms with Crippen molar-refractivity contribution in [2.75, 3.05) is 0 Å². The summed E-state index contributed by atoms with van der Waals surface area (Å²) < 4.78 is 0. The maximum Gasteiger partial charge on any atom is 0.139 e. The summed E-state index contributed by atoms with van der Waals surface area (Å²) in [6, 6.07) is 0. The van der Waals surface area contributed by atoms with Crippen LogP contribution in [0, 0.1) is 16.7 Å². The Morgan fingerprint density at radius 2 is 1.92 bits per heavy atom. The van der Waals surface area contributed by atoms with Crippen molar-refractivity contribution < 1.29 is 4.79 Å². The van der Waals surface area contributed by atoms with Crippen LogP contribution in [0.3, 0.4) is 0 Å². The molecule has 2 spiro atoms. The molecule has 0 N–H and O–H groups in total. The third-order valence-corrected chi connectivity index (χ3v) is 4.63. The van der Waals surface area contributed by atoms with E-state index in [0.29, 0.717) is 11.2 Å². The Morgan fingerprint density at radius 3 is 2.42 bits per heavy atom. The van der Waals surface area contributed by atoms with E-state index in [-0.39, 0.29) is 5.41 Å². The lowest BCUT2D eigenvalue weighted by Crippen LogP contribution is -2.45. The average Bonchev–Trinajstić information content (AvgIpc) is 2.69. The van der Waals surface area contributed by atoms with Crippen molar-refractivity contribution in [2.45, 2.75) is 45.4 Å². The number of carbonyl (C=O) groups is 1. The van der Waals surface area contributed by atoms with Crippen molar-refractivity contribution in [1.82, 2.24) is 0 Å². The fraction of sp³-hybridized carbons (Fsp3) is 0.909. The Morgan fingerprint density at radius 1 is 1.25 bits per heavy atom. The molecule has 0 atom stereocenters. The lowest BCUT2D eigenvalue weighted by Gasteiger charge is -2.47. The molecule has 3 aliphatic carbocycles. The maximum atomic E-state index is 11.8. The van der Waals surface area contributed by atoms with Gasteiger partial charge >= 0.3 is 0 Å². The SMILES string of the molecule is CC1CC2(C1)C(=O)CCC21CC1. The van der Waals surface area contributed by atoms with Gasteiger partial charge in [-0.05, 0) is 43.4 Å². The summed E-state index contributed by atoms with van der Waals surface area (Å²) >= 11 is 0. The van der Waals surface area contributed by atoms with Crippen molar-refractivity contribution >= 4 is 5.78 Å². The van der Waals surface area contributed by atoms with Gasteiger partial charge in [0.05, 0.1) is 0 Å². The second kappa shape index (κ2) is 1.78. The van der Waals surface area contributed by atoms with Gasteiger partial charge in [-0.25, -0.2) is 0 Å². The average molecular weight is 164 g/mol. The fourth-order valence-electron chi connectivity index (χ4n) is 3.80. The van der Waals surface area contributed by atoms with Crippen LogP contribution in [0.5, 0.6) is 0 Å². The highest BCUT2D eigenvalue weighted by Crippen LogP contribution is 2.74. The number of ketones is 1. The normalized spacial score (nSPS) is 48.4. The van der Waals surface area contributed by atoms with E-state index in [1.165, 1.54) is 32.1 Å². The molecule has 0 aromatic heterocycles. The molecule has 3 saturated carbocycles. The molecule has 1 nitrogen and oxygen atoms in total. The molecule has 0 bridgehead atoms. The molecule has 0 heterocycles. The minimum Gasteiger partial charge on any atom is -0.299 e. The molecule has 3 fully saturated rings. The van der Waals surface area contributed by atoms with Gasteiger partial charge in [0.15, 0.2) is 0 Å². The summed E-state index contributed by atoms with van der Waals surface area (Å²) in [6.07, 6.45) is 7.25. The first-order valence-electron chi connectivity index (χ1n) is 5.22. The highest BCUT2D eigenvalue weighted by atomic mass is 16.1. The first kappa shape index (κ1) is 7.11. The zero-order valence-electron chi connectivity index (χ0n) is 7.73. The van der Waals surface area contributed by atoms with Gasteiger partial charge in [-0.3, -0.25) is 4.79 Å². The molecule has 3 rings (SSSR count). The number of rotatable bonds is 0. The molecule has 0 saturated heterocycles. The van der Waals surface area contributed by atoms with Crippen molar-refractivity contribution in [3.63, 3.8) is 0 Å². The fourth-order valence-corrected chi connectivity index (χ4v) is 3.80. The van der Waals surface area contributed by atoms with Crippen molar-refractivity contribution in [3.8, 4) is 0 Å². The van der Waals surface area contributed by atoms with E-state index >= 15 is 0 Å². The van der Waals surface area contributed by atoms with Crippen molar-refractivity contribution in [1.29, 1.82) is 0 Å². The first-order valence-corrected chi connectivity index (χ1v) is 5.22. The highest BCUT2D eigenvalue weighted by Gasteiger charge is 2.69. The van der Waals surface area contributed by atoms with Gasteiger partial charge in [0, 0.05) is 11.8 Å². The third kappa shape index (κ3) is 0.571. The van der Waals surface area contributed by atoms with Crippen LogP contribution in [0.15, 0.2) is 0 Å². The quantitative estimate of drug-likeness (QED) is 0.537. The largest absolute Gasteiger partial charge is 0.299 e. The Kier molecular flexibility index (Phi) is 1.06. The van der Waals surface area contributed by atoms with Crippen molar-refractivity contribution in [3.05, 3.63) is 0 Å². The van der Waals surface area contributed by atoms with Crippen LogP contribution in [0.25, 0.3) is 0 Å². The number of hydrogen-bond donors (Lipinski definition) is 0. The van der Waals surface area contributed by atoms with E-state index in [1.54, 1.807) is 0 Å². The van der Waals surface area contributed by atoms with E-state index in [9.17, 15) is 4.79 Å². The number of Topliss-reactive ketones (excluding diaryl/α,β-unsaturated/α-hetero) is 1. The van der Waals surface area contributed by atoms with Gasteiger partial charge in [-0.1, -0.05) is 6.92 Å². The van der Waals surface area contributed by atoms with Crippen LogP contribution in [0.2, 0.25) is 0 Å². The number of fused-ring (bicyclic) bond motifs is 1. The van der Waals surface area contributed by atoms with Gasteiger partial charge in [-0.15, -0.1) is 0 Å². The maximum absolute atomic E-state index is 11.8. The van der Waals surface area contributed by atoms with E-state index in [4.69, 9.17) is 0 Å². The zero-order chi connectivity index (χ0) is 8.40. The van der Waals surface area contributed by atoms with Crippen LogP contribution >= 0.6 is 0 Å². The molecule has 0 aromatic carbocycles. The molecule has 1 heteroatoms. The van der Waals surface area contributed by atoms with Gasteiger partial charge in [0.1, 0.15) is 5.78 Å². The standard InChI is InChI=1S/C11H16O/c1-8-6-11(7-8)9(12)2-3-10(11)4-5-10/h8H,2-7H2,1H3. The molecule has 0 aromatic rings. The minimum atomic E-state index is 0.215. The van der Waals surface area contributed by atoms with E-state index < -0.39 is 0 Å². The predicted molar refractivity (Wildman–Crippen MR) is 46.7 cm³/mol. The topological polar surface area (TPSA) is 17.1 Å². The molecule has 0 radical (unpaired) electrons. The van der Waals surface area contributed by atoms with Crippen LogP contribution in [0.4, 0.5) is 0 Å². The second-order valence-electron chi connectivity index (χ2n) is 5.30. The highest BCUT2D eigenvalue weighted by molar-refractivity contribution is 5.89. The van der Waals surface area contributed by atoms with E-state index in [1.807, 2.05) is 0 Å². The Bertz CT molecular complexity index is 244. The van der Waals surface area contributed by atoms with E-state index in [0.717, 1.165) is 12.3 Å². The van der Waals surface area contributed by atoms with Gasteiger partial charge in [0.2, 0.25) is 0 Å². The first-order chi connectivity index (χ1) is 5.69. The molecular formula is C11H16O. The predicted octanol–water partition coefficient (Wildman–Crippen LogP) is 2.55. The summed E-state index contributed by atoms with van der Waals surface area (Å²) in [5, 5.41) is 0. The number of hydrogen-bond acceptors (Lipinski definition) is 1. The molecule has 12 heavy (non-hydrogen) atoms. The van der Waals surface area contributed by atoms with Crippen LogP contribution in [-0.4, -0.2) is 5.78 Å². The van der Waals surface area contributed by atoms with Crippen LogP contribution in [0.1, 0.15) is 45.4 Å². The molecule has 0 unspecified atom stereocenters. The summed E-state index contributed by atoms with van der Waals surface area (Å²) in [5.74, 6) is 1.43. The minimum absolute atomic E-state index is 0.215. The molecule has 0 amide bonds. The third-order valence-electron chi connectivity index (χ3n) is 4.63. The Labute approximate surface area is 73.5 Å². The van der Waals surface area contributed by atoms with E-state index in [2.05, 4.69) is 6.92 Å². The van der Waals surface area contributed by atoms with Gasteiger partial charge < -0.3 is 0 Å². The van der Waals surface area contributed by atoms with Crippen LogP contribution in [-0.2, 0) is 4.79 Å². The zero-order valence-corrected chi connectivity index (χ0v) is 7.73. The molecule has 66 valence electrons. The lowest BCUT2D eigenvalue weighted by atomic mass is 9.55. The Hall–Kier alpha value is -0.330. The van der Waals surface area contributed by atoms with Crippen molar-refractivity contribution in [2.24, 2.45) is 16.7 Å². The summed E-state index contributed by atoms with van der Waals surface area (Å²) in [5.41, 5.74) is 0.753. The van der Waals surface area contributed by atoms with Crippen LogP contribution < -0.4 is 0 Å². The lowest BCUT2D eigenvalue weighted by molar-refractivity contribution is -0.136. The summed E-state index contributed by atoms with van der Waals surface area (Å²) in [4.78, 5) is 11.8. The molecular weight excluding hydrogens is 148 g/mol. The van der Waals surface area contributed by atoms with Gasteiger partial charge in [-0.2, -0.15) is 0 Å². The Balaban J connectivity index is 1.96. The smallest absolute Gasteiger partial charge is 0.139 e. The monoisotopic (exact) mass is 164 g/mol. The molecule has 0 aliphatic heterocycles. The second-order valence-corrected chi connectivity index (χ2v) is 5.30. The summed E-state index contributed by atoms with van der Waals surface area (Å²) in [6.45, 7) is 2.28. The summed E-state index contributed by atoms with van der Waals surface area (Å²) in [7, 11) is 0.